The first-order valence-electron chi connectivity index (χ1n) is 11.3. The maximum atomic E-state index is 13.5. The van der Waals surface area contributed by atoms with E-state index in [9.17, 15) is 9.18 Å². The molecule has 0 unspecified atom stereocenters. The molecule has 0 spiro atoms. The Morgan fingerprint density at radius 3 is 2.38 bits per heavy atom. The van der Waals surface area contributed by atoms with Crippen LogP contribution in [0.4, 0.5) is 10.2 Å². The Morgan fingerprint density at radius 2 is 1.71 bits per heavy atom. The van der Waals surface area contributed by atoms with E-state index in [0.717, 1.165) is 28.3 Å². The zero-order chi connectivity index (χ0) is 23.5. The van der Waals surface area contributed by atoms with Gasteiger partial charge >= 0.3 is 0 Å². The lowest BCUT2D eigenvalue weighted by molar-refractivity contribution is -0.130. The van der Waals surface area contributed by atoms with Gasteiger partial charge in [-0.05, 0) is 43.3 Å². The number of hydrogen-bond donors (Lipinski definition) is 0. The van der Waals surface area contributed by atoms with Crippen LogP contribution < -0.4 is 4.90 Å². The number of benzene rings is 2. The van der Waals surface area contributed by atoms with Crippen LogP contribution in [0.3, 0.4) is 0 Å². The lowest BCUT2D eigenvalue weighted by atomic mass is 10.1. The third-order valence-electron chi connectivity index (χ3n) is 6.06. The van der Waals surface area contributed by atoms with Crippen LogP contribution in [-0.4, -0.2) is 56.7 Å². The van der Waals surface area contributed by atoms with Crippen molar-refractivity contribution >= 4 is 11.7 Å². The highest BCUT2D eigenvalue weighted by Gasteiger charge is 2.24. The van der Waals surface area contributed by atoms with Gasteiger partial charge in [0.1, 0.15) is 11.6 Å². The highest BCUT2D eigenvalue weighted by atomic mass is 19.1. The molecule has 0 bridgehead atoms. The average molecular weight is 457 g/mol. The number of imidazole rings is 1. The van der Waals surface area contributed by atoms with Gasteiger partial charge in [-0.2, -0.15) is 5.10 Å². The average Bonchev–Trinajstić information content (AvgIpc) is 3.29. The molecule has 0 saturated carbocycles. The lowest BCUT2D eigenvalue weighted by Crippen LogP contribution is -2.49. The van der Waals surface area contributed by atoms with Crippen molar-refractivity contribution in [3.05, 3.63) is 90.3 Å². The van der Waals surface area contributed by atoms with Crippen LogP contribution >= 0.6 is 0 Å². The molecule has 172 valence electrons. The van der Waals surface area contributed by atoms with Crippen LogP contribution in [0.2, 0.25) is 0 Å². The first-order valence-corrected chi connectivity index (χ1v) is 11.3. The Balaban J connectivity index is 1.36. The summed E-state index contributed by atoms with van der Waals surface area (Å²) in [4.78, 5) is 22.0. The molecule has 4 aromatic rings. The van der Waals surface area contributed by atoms with Gasteiger partial charge in [0.05, 0.1) is 12.1 Å². The molecule has 1 aliphatic heterocycles. The lowest BCUT2D eigenvalue weighted by Gasteiger charge is -2.35. The maximum absolute atomic E-state index is 13.5. The van der Waals surface area contributed by atoms with Crippen molar-refractivity contribution in [3.8, 4) is 16.9 Å². The molecular weight excluding hydrogens is 431 g/mol. The summed E-state index contributed by atoms with van der Waals surface area (Å²) in [6.45, 7) is 4.65. The molecule has 1 saturated heterocycles. The minimum Gasteiger partial charge on any atom is -0.352 e. The van der Waals surface area contributed by atoms with E-state index in [1.54, 1.807) is 18.3 Å². The number of nitrogens with zero attached hydrogens (tertiary/aromatic N) is 6. The van der Waals surface area contributed by atoms with Gasteiger partial charge in [-0.15, -0.1) is 5.10 Å². The smallest absolute Gasteiger partial charge is 0.230 e. The number of aromatic nitrogens is 4. The number of piperazine rings is 1. The number of amides is 1. The second kappa shape index (κ2) is 9.43. The highest BCUT2D eigenvalue weighted by molar-refractivity contribution is 5.79. The normalized spacial score (nSPS) is 13.8. The fourth-order valence-corrected chi connectivity index (χ4v) is 4.13. The summed E-state index contributed by atoms with van der Waals surface area (Å²) in [5.74, 6) is 1.16. The summed E-state index contributed by atoms with van der Waals surface area (Å²) in [6, 6.07) is 18.1. The number of carbonyl (C=O) groups is 1. The zero-order valence-electron chi connectivity index (χ0n) is 18.9. The van der Waals surface area contributed by atoms with Crippen LogP contribution in [0.1, 0.15) is 11.4 Å². The van der Waals surface area contributed by atoms with E-state index in [1.165, 1.54) is 12.1 Å². The van der Waals surface area contributed by atoms with Crippen molar-refractivity contribution in [2.75, 3.05) is 31.1 Å². The van der Waals surface area contributed by atoms with Crippen LogP contribution in [0.15, 0.2) is 73.1 Å². The number of hydrogen-bond acceptors (Lipinski definition) is 5. The van der Waals surface area contributed by atoms with Gasteiger partial charge in [-0.3, -0.25) is 4.79 Å². The second-order valence-corrected chi connectivity index (χ2v) is 8.38. The Morgan fingerprint density at radius 1 is 0.971 bits per heavy atom. The Labute approximate surface area is 197 Å². The summed E-state index contributed by atoms with van der Waals surface area (Å²) < 4.78 is 15.4. The Bertz CT molecular complexity index is 1260. The van der Waals surface area contributed by atoms with Gasteiger partial charge in [-0.25, -0.2) is 9.37 Å². The number of halogens is 1. The molecule has 5 rings (SSSR count). The van der Waals surface area contributed by atoms with Crippen LogP contribution in [0.5, 0.6) is 0 Å². The van der Waals surface area contributed by atoms with Crippen molar-refractivity contribution < 1.29 is 9.18 Å². The predicted molar refractivity (Wildman–Crippen MR) is 128 cm³/mol. The summed E-state index contributed by atoms with van der Waals surface area (Å²) in [6.07, 6.45) is 3.72. The molecule has 7 nitrogen and oxygen atoms in total. The maximum Gasteiger partial charge on any atom is 0.230 e. The van der Waals surface area contributed by atoms with Gasteiger partial charge in [0.2, 0.25) is 5.91 Å². The van der Waals surface area contributed by atoms with E-state index >= 15 is 0 Å². The molecule has 1 amide bonds. The molecule has 8 heteroatoms. The predicted octanol–water partition coefficient (Wildman–Crippen LogP) is 3.67. The molecule has 2 aromatic carbocycles. The minimum atomic E-state index is -0.304. The topological polar surface area (TPSA) is 67.2 Å². The molecule has 0 radical (unpaired) electrons. The summed E-state index contributed by atoms with van der Waals surface area (Å²) >= 11 is 0. The van der Waals surface area contributed by atoms with Crippen LogP contribution in [0.25, 0.3) is 16.9 Å². The molecular formula is C26H25FN6O. The van der Waals surface area contributed by atoms with Crippen LogP contribution in [0, 0.1) is 12.7 Å². The summed E-state index contributed by atoms with van der Waals surface area (Å²) in [7, 11) is 0. The van der Waals surface area contributed by atoms with Gasteiger partial charge < -0.3 is 14.4 Å². The van der Waals surface area contributed by atoms with Crippen molar-refractivity contribution in [2.45, 2.75) is 13.3 Å². The molecule has 34 heavy (non-hydrogen) atoms. The first-order chi connectivity index (χ1) is 16.6. The fourth-order valence-electron chi connectivity index (χ4n) is 4.13. The summed E-state index contributed by atoms with van der Waals surface area (Å²) in [5.41, 5.74) is 3.68. The van der Waals surface area contributed by atoms with Crippen molar-refractivity contribution in [1.29, 1.82) is 0 Å². The van der Waals surface area contributed by atoms with Crippen molar-refractivity contribution in [2.24, 2.45) is 0 Å². The van der Waals surface area contributed by atoms with E-state index in [4.69, 9.17) is 4.98 Å². The number of rotatable bonds is 5. The second-order valence-electron chi connectivity index (χ2n) is 8.38. The van der Waals surface area contributed by atoms with E-state index in [2.05, 4.69) is 15.1 Å². The van der Waals surface area contributed by atoms with Crippen LogP contribution in [-0.2, 0) is 11.2 Å². The van der Waals surface area contributed by atoms with E-state index < -0.39 is 0 Å². The van der Waals surface area contributed by atoms with Gasteiger partial charge in [-0.1, -0.05) is 29.8 Å². The fraction of sp³-hybridized carbons (Fsp3) is 0.231. The quantitative estimate of drug-likeness (QED) is 0.459. The van der Waals surface area contributed by atoms with Gasteiger partial charge in [0, 0.05) is 49.8 Å². The van der Waals surface area contributed by atoms with Gasteiger partial charge in [0.15, 0.2) is 5.82 Å². The molecule has 1 aliphatic rings. The monoisotopic (exact) mass is 456 g/mol. The number of aryl methyl sites for hydroxylation is 1. The molecule has 0 N–H and O–H groups in total. The molecule has 0 atom stereocenters. The highest BCUT2D eigenvalue weighted by Crippen LogP contribution is 2.23. The number of anilines is 1. The van der Waals surface area contributed by atoms with Crippen molar-refractivity contribution in [1.82, 2.24) is 24.6 Å². The van der Waals surface area contributed by atoms with E-state index in [1.807, 2.05) is 59.0 Å². The molecule has 0 aliphatic carbocycles. The molecule has 3 heterocycles. The Kier molecular flexibility index (Phi) is 6.03. The Hall–Kier alpha value is -4.07. The van der Waals surface area contributed by atoms with Crippen molar-refractivity contribution in [3.63, 3.8) is 0 Å². The van der Waals surface area contributed by atoms with E-state index in [0.29, 0.717) is 32.0 Å². The van der Waals surface area contributed by atoms with Gasteiger partial charge in [0.25, 0.3) is 0 Å². The number of carbonyl (C=O) groups excluding carboxylic acids is 1. The SMILES string of the molecule is Cc1ccc(-c2cn(-c3ccc(F)cc3)c(CC(=O)N3CCN(c4cccnn4)CC3)n2)cc1. The molecule has 1 fully saturated rings. The standard InChI is InChI=1S/C26H25FN6O/c1-19-4-6-20(7-5-19)23-18-33(22-10-8-21(27)9-11-22)25(29-23)17-26(34)32-15-13-31(14-16-32)24-3-2-12-28-30-24/h2-12,18H,13-17H2,1H3. The summed E-state index contributed by atoms with van der Waals surface area (Å²) in [5, 5.41) is 8.10. The largest absolute Gasteiger partial charge is 0.352 e. The first kappa shape index (κ1) is 21.8. The third-order valence-corrected chi connectivity index (χ3v) is 6.06. The third kappa shape index (κ3) is 4.66. The van der Waals surface area contributed by atoms with E-state index in [-0.39, 0.29) is 18.1 Å². The zero-order valence-corrected chi connectivity index (χ0v) is 18.9. The molecule has 2 aromatic heterocycles. The minimum absolute atomic E-state index is 0.0169.